The highest BCUT2D eigenvalue weighted by molar-refractivity contribution is 14.1. The lowest BCUT2D eigenvalue weighted by molar-refractivity contribution is 0.102. The normalized spacial score (nSPS) is 10.8. The van der Waals surface area contributed by atoms with Crippen LogP contribution in [-0.2, 0) is 0 Å². The van der Waals surface area contributed by atoms with Gasteiger partial charge in [0.1, 0.15) is 17.2 Å². The molecule has 140 valence electrons. The molecular weight excluding hydrogens is 472 g/mol. The molecule has 4 rings (SSSR count). The van der Waals surface area contributed by atoms with E-state index in [0.717, 1.165) is 22.7 Å². The predicted molar refractivity (Wildman–Crippen MR) is 114 cm³/mol. The Hall–Kier alpha value is -2.94. The number of aromatic nitrogens is 2. The van der Waals surface area contributed by atoms with E-state index in [1.54, 1.807) is 19.4 Å². The van der Waals surface area contributed by atoms with Crippen LogP contribution in [0.2, 0.25) is 0 Å². The quantitative estimate of drug-likeness (QED) is 0.412. The lowest BCUT2D eigenvalue weighted by Crippen LogP contribution is -2.14. The number of pyridine rings is 1. The first-order valence-corrected chi connectivity index (χ1v) is 9.51. The first-order valence-electron chi connectivity index (χ1n) is 8.44. The first-order chi connectivity index (χ1) is 13.6. The molecule has 0 aliphatic rings. The van der Waals surface area contributed by atoms with Crippen LogP contribution in [0.1, 0.15) is 10.4 Å². The summed E-state index contributed by atoms with van der Waals surface area (Å²) in [6, 6.07) is 15.6. The maximum atomic E-state index is 13.7. The maximum Gasteiger partial charge on any atom is 0.256 e. The molecule has 1 N–H and O–H groups in total. The number of imidazole rings is 1. The number of rotatable bonds is 4. The predicted octanol–water partition coefficient (Wildman–Crippen LogP) is 5.01. The fraction of sp³-hybridized carbons (Fsp3) is 0.0476. The lowest BCUT2D eigenvalue weighted by Gasteiger charge is -2.09. The second-order valence-corrected chi connectivity index (χ2v) is 7.15. The highest BCUT2D eigenvalue weighted by Crippen LogP contribution is 2.25. The fourth-order valence-corrected chi connectivity index (χ4v) is 3.51. The van der Waals surface area contributed by atoms with Gasteiger partial charge >= 0.3 is 0 Å². The Bertz CT molecular complexity index is 1170. The molecule has 0 aliphatic carbocycles. The van der Waals surface area contributed by atoms with Crippen molar-refractivity contribution in [2.75, 3.05) is 12.4 Å². The van der Waals surface area contributed by atoms with Crippen molar-refractivity contribution >= 4 is 39.8 Å². The van der Waals surface area contributed by atoms with Gasteiger partial charge in [-0.15, -0.1) is 0 Å². The number of nitrogens with one attached hydrogen (secondary N) is 1. The Balaban J connectivity index is 1.57. The largest absolute Gasteiger partial charge is 0.497 e. The zero-order chi connectivity index (χ0) is 19.7. The van der Waals surface area contributed by atoms with Crippen LogP contribution < -0.4 is 10.1 Å². The third kappa shape index (κ3) is 3.45. The van der Waals surface area contributed by atoms with Crippen molar-refractivity contribution in [3.8, 4) is 17.0 Å². The van der Waals surface area contributed by atoms with Gasteiger partial charge in [-0.25, -0.2) is 9.37 Å². The van der Waals surface area contributed by atoms with Gasteiger partial charge in [0.2, 0.25) is 0 Å². The molecule has 0 unspecified atom stereocenters. The molecule has 2 heterocycles. The maximum absolute atomic E-state index is 13.7. The second-order valence-electron chi connectivity index (χ2n) is 6.07. The minimum atomic E-state index is -0.409. The van der Waals surface area contributed by atoms with Gasteiger partial charge in [-0.1, -0.05) is 18.2 Å². The number of nitrogens with zero attached hydrogens (tertiary/aromatic N) is 2. The van der Waals surface area contributed by atoms with Crippen LogP contribution in [0.25, 0.3) is 16.9 Å². The Morgan fingerprint density at radius 3 is 2.71 bits per heavy atom. The van der Waals surface area contributed by atoms with E-state index in [4.69, 9.17) is 4.74 Å². The summed E-state index contributed by atoms with van der Waals surface area (Å²) in [5, 5.41) is 2.80. The van der Waals surface area contributed by atoms with Crippen molar-refractivity contribution in [1.29, 1.82) is 0 Å². The number of methoxy groups -OCH3 is 1. The van der Waals surface area contributed by atoms with Crippen LogP contribution >= 0.6 is 22.6 Å². The SMILES string of the molecule is COc1ccn2c(-c3ccc(NC(=O)c4cccc(F)c4I)cc3)cnc2c1. The lowest BCUT2D eigenvalue weighted by atomic mass is 10.1. The second kappa shape index (κ2) is 7.59. The molecule has 4 aromatic rings. The first kappa shape index (κ1) is 18.4. The summed E-state index contributed by atoms with van der Waals surface area (Å²) in [4.78, 5) is 16.8. The molecule has 0 spiro atoms. The third-order valence-corrected chi connectivity index (χ3v) is 5.45. The van der Waals surface area contributed by atoms with E-state index in [2.05, 4.69) is 10.3 Å². The molecule has 2 aromatic carbocycles. The van der Waals surface area contributed by atoms with Gasteiger partial charge in [0.15, 0.2) is 0 Å². The van der Waals surface area contributed by atoms with Crippen LogP contribution in [0.15, 0.2) is 67.0 Å². The van der Waals surface area contributed by atoms with E-state index in [1.807, 2.05) is 69.6 Å². The van der Waals surface area contributed by atoms with Gasteiger partial charge in [-0.2, -0.15) is 0 Å². The molecule has 0 bridgehead atoms. The van der Waals surface area contributed by atoms with Crippen molar-refractivity contribution < 1.29 is 13.9 Å². The molecule has 0 atom stereocenters. The van der Waals surface area contributed by atoms with E-state index in [-0.39, 0.29) is 5.91 Å². The number of amides is 1. The van der Waals surface area contributed by atoms with Gasteiger partial charge in [-0.3, -0.25) is 9.20 Å². The molecule has 0 radical (unpaired) electrons. The number of benzene rings is 2. The average Bonchev–Trinajstić information content (AvgIpc) is 3.13. The minimum Gasteiger partial charge on any atom is -0.497 e. The van der Waals surface area contributed by atoms with Gasteiger partial charge in [0.25, 0.3) is 5.91 Å². The highest BCUT2D eigenvalue weighted by atomic mass is 127. The number of fused-ring (bicyclic) bond motifs is 1. The monoisotopic (exact) mass is 487 g/mol. The Labute approximate surface area is 174 Å². The van der Waals surface area contributed by atoms with Crippen LogP contribution in [-0.4, -0.2) is 22.4 Å². The molecule has 2 aromatic heterocycles. The number of carbonyl (C=O) groups is 1. The molecular formula is C21H15FIN3O2. The van der Waals surface area contributed by atoms with E-state index < -0.39 is 5.82 Å². The van der Waals surface area contributed by atoms with Crippen molar-refractivity contribution in [3.63, 3.8) is 0 Å². The summed E-state index contributed by atoms with van der Waals surface area (Å²) >= 11 is 1.83. The standard InChI is InChI=1S/C21H15FIN3O2/c1-28-15-9-10-26-18(12-24-19(26)11-15)13-5-7-14(8-6-13)25-21(27)16-3-2-4-17(22)20(16)23/h2-12H,1H3,(H,25,27). The molecule has 0 saturated carbocycles. The highest BCUT2D eigenvalue weighted by Gasteiger charge is 2.13. The van der Waals surface area contributed by atoms with Gasteiger partial charge in [0, 0.05) is 23.5 Å². The summed E-state index contributed by atoms with van der Waals surface area (Å²) in [5.74, 6) is -0.0129. The zero-order valence-electron chi connectivity index (χ0n) is 14.8. The van der Waals surface area contributed by atoms with Crippen LogP contribution in [0.5, 0.6) is 5.75 Å². The average molecular weight is 487 g/mol. The minimum absolute atomic E-state index is 0.301. The summed E-state index contributed by atoms with van der Waals surface area (Å²) in [7, 11) is 1.62. The van der Waals surface area contributed by atoms with Crippen LogP contribution in [0.3, 0.4) is 0 Å². The van der Waals surface area contributed by atoms with Crippen LogP contribution in [0, 0.1) is 9.39 Å². The van der Waals surface area contributed by atoms with E-state index in [9.17, 15) is 9.18 Å². The Kier molecular flexibility index (Phi) is 4.99. The van der Waals surface area contributed by atoms with Crippen molar-refractivity contribution in [1.82, 2.24) is 9.38 Å². The van der Waals surface area contributed by atoms with E-state index in [1.165, 1.54) is 12.1 Å². The molecule has 0 aliphatic heterocycles. The zero-order valence-corrected chi connectivity index (χ0v) is 17.0. The van der Waals surface area contributed by atoms with E-state index >= 15 is 0 Å². The fourth-order valence-electron chi connectivity index (χ4n) is 2.90. The van der Waals surface area contributed by atoms with Gasteiger partial charge in [0.05, 0.1) is 28.1 Å². The number of hydrogen-bond acceptors (Lipinski definition) is 3. The molecule has 0 fully saturated rings. The Morgan fingerprint density at radius 1 is 1.18 bits per heavy atom. The third-order valence-electron chi connectivity index (χ3n) is 4.36. The number of carbonyl (C=O) groups excluding carboxylic acids is 1. The number of halogens is 2. The molecule has 0 saturated heterocycles. The number of anilines is 1. The topological polar surface area (TPSA) is 55.6 Å². The van der Waals surface area contributed by atoms with Crippen LogP contribution in [0.4, 0.5) is 10.1 Å². The Morgan fingerprint density at radius 2 is 1.96 bits per heavy atom. The molecule has 1 amide bonds. The van der Waals surface area contributed by atoms with Crippen molar-refractivity contribution in [2.45, 2.75) is 0 Å². The van der Waals surface area contributed by atoms with Crippen molar-refractivity contribution in [2.24, 2.45) is 0 Å². The number of hydrogen-bond donors (Lipinski definition) is 1. The summed E-state index contributed by atoms with van der Waals surface area (Å²) < 4.78 is 21.1. The summed E-state index contributed by atoms with van der Waals surface area (Å²) in [6.07, 6.45) is 3.69. The molecule has 7 heteroatoms. The smallest absolute Gasteiger partial charge is 0.256 e. The molecule has 28 heavy (non-hydrogen) atoms. The van der Waals surface area contributed by atoms with Gasteiger partial charge in [-0.05, 0) is 52.9 Å². The molecule has 5 nitrogen and oxygen atoms in total. The summed E-state index contributed by atoms with van der Waals surface area (Å²) in [6.45, 7) is 0. The van der Waals surface area contributed by atoms with Crippen molar-refractivity contribution in [3.05, 3.63) is 81.9 Å². The summed E-state index contributed by atoms with van der Waals surface area (Å²) in [5.41, 5.74) is 3.60. The van der Waals surface area contributed by atoms with E-state index in [0.29, 0.717) is 14.8 Å². The number of ether oxygens (including phenoxy) is 1. The van der Waals surface area contributed by atoms with Gasteiger partial charge < -0.3 is 10.1 Å².